The number of aromatic carboxylic acids is 1. The summed E-state index contributed by atoms with van der Waals surface area (Å²) >= 11 is 6.28. The van der Waals surface area contributed by atoms with Gasteiger partial charge in [0.15, 0.2) is 0 Å². The summed E-state index contributed by atoms with van der Waals surface area (Å²) in [7, 11) is 0. The number of fused-ring (bicyclic) bond motifs is 1. The molecule has 0 spiro atoms. The van der Waals surface area contributed by atoms with E-state index in [9.17, 15) is 19.1 Å². The molecule has 2 N–H and O–H groups in total. The minimum atomic E-state index is -1.22. The van der Waals surface area contributed by atoms with Crippen molar-refractivity contribution in [2.45, 2.75) is 0 Å². The third-order valence-electron chi connectivity index (χ3n) is 4.62. The zero-order valence-electron chi connectivity index (χ0n) is 15.4. The first-order chi connectivity index (χ1) is 14.4. The highest BCUT2D eigenvalue weighted by atomic mass is 35.5. The Morgan fingerprint density at radius 1 is 1.00 bits per heavy atom. The molecule has 0 radical (unpaired) electrons. The number of benzene rings is 3. The quantitative estimate of drug-likeness (QED) is 0.447. The van der Waals surface area contributed by atoms with Crippen LogP contribution in [-0.4, -0.2) is 22.0 Å². The summed E-state index contributed by atoms with van der Waals surface area (Å²) in [6.45, 7) is 0. The first kappa shape index (κ1) is 19.5. The molecule has 0 aliphatic heterocycles. The third kappa shape index (κ3) is 3.86. The molecule has 0 aliphatic carbocycles. The Hall–Kier alpha value is -3.77. The molecule has 4 rings (SSSR count). The Morgan fingerprint density at radius 2 is 1.77 bits per heavy atom. The molecule has 0 bridgehead atoms. The lowest BCUT2D eigenvalue weighted by atomic mass is 10.0. The Morgan fingerprint density at radius 3 is 2.50 bits per heavy atom. The molecule has 0 atom stereocenters. The number of halogens is 2. The van der Waals surface area contributed by atoms with Crippen LogP contribution in [0, 0.1) is 5.82 Å². The number of anilines is 1. The molecule has 148 valence electrons. The molecule has 0 fully saturated rings. The second kappa shape index (κ2) is 7.93. The molecular weight excluding hydrogens is 407 g/mol. The predicted octanol–water partition coefficient (Wildman–Crippen LogP) is 5.64. The molecule has 1 heterocycles. The zero-order chi connectivity index (χ0) is 21.3. The maximum absolute atomic E-state index is 13.4. The van der Waals surface area contributed by atoms with E-state index in [2.05, 4.69) is 10.3 Å². The van der Waals surface area contributed by atoms with Gasteiger partial charge in [-0.25, -0.2) is 9.18 Å². The van der Waals surface area contributed by atoms with E-state index in [0.29, 0.717) is 27.5 Å². The number of carboxylic acid groups (broad SMARTS) is 1. The Balaban J connectivity index is 1.73. The molecule has 4 aromatic rings. The second-order valence-electron chi connectivity index (χ2n) is 6.58. The van der Waals surface area contributed by atoms with Crippen LogP contribution in [0.2, 0.25) is 5.02 Å². The number of hydrogen-bond acceptors (Lipinski definition) is 3. The fraction of sp³-hybridized carbons (Fsp3) is 0. The zero-order valence-corrected chi connectivity index (χ0v) is 16.2. The molecule has 3 aromatic carbocycles. The van der Waals surface area contributed by atoms with E-state index in [-0.39, 0.29) is 22.1 Å². The Labute approximate surface area is 175 Å². The normalized spacial score (nSPS) is 10.7. The monoisotopic (exact) mass is 420 g/mol. The predicted molar refractivity (Wildman–Crippen MR) is 114 cm³/mol. The van der Waals surface area contributed by atoms with Gasteiger partial charge in [0.05, 0.1) is 11.3 Å². The SMILES string of the molecule is O=C(Nc1cc(-c2cccnc2)c(Cl)cc1C(=O)O)c1ccc2cc(F)ccc2c1. The van der Waals surface area contributed by atoms with Gasteiger partial charge in [-0.05, 0) is 53.2 Å². The van der Waals surface area contributed by atoms with Crippen LogP contribution >= 0.6 is 11.6 Å². The van der Waals surface area contributed by atoms with Crippen LogP contribution in [0.15, 0.2) is 73.1 Å². The lowest BCUT2D eigenvalue weighted by Crippen LogP contribution is -2.15. The Bertz CT molecular complexity index is 1290. The number of nitrogens with zero attached hydrogens (tertiary/aromatic N) is 1. The van der Waals surface area contributed by atoms with E-state index >= 15 is 0 Å². The molecule has 1 amide bonds. The van der Waals surface area contributed by atoms with Gasteiger partial charge in [0, 0.05) is 34.1 Å². The van der Waals surface area contributed by atoms with E-state index in [0.717, 1.165) is 0 Å². The highest BCUT2D eigenvalue weighted by Gasteiger charge is 2.18. The fourth-order valence-electron chi connectivity index (χ4n) is 3.15. The number of carbonyl (C=O) groups excluding carboxylic acids is 1. The largest absolute Gasteiger partial charge is 0.478 e. The number of amides is 1. The number of hydrogen-bond donors (Lipinski definition) is 2. The summed E-state index contributed by atoms with van der Waals surface area (Å²) in [5.74, 6) is -2.09. The summed E-state index contributed by atoms with van der Waals surface area (Å²) in [5.41, 5.74) is 1.50. The smallest absolute Gasteiger partial charge is 0.337 e. The molecule has 0 saturated heterocycles. The molecule has 7 heteroatoms. The minimum Gasteiger partial charge on any atom is -0.478 e. The average molecular weight is 421 g/mol. The van der Waals surface area contributed by atoms with Crippen LogP contribution < -0.4 is 5.32 Å². The van der Waals surface area contributed by atoms with Crippen LogP contribution in [-0.2, 0) is 0 Å². The van der Waals surface area contributed by atoms with E-state index in [1.165, 1.54) is 24.3 Å². The van der Waals surface area contributed by atoms with E-state index in [4.69, 9.17) is 11.6 Å². The average Bonchev–Trinajstić information content (AvgIpc) is 2.74. The van der Waals surface area contributed by atoms with Gasteiger partial charge in [-0.15, -0.1) is 0 Å². The first-order valence-electron chi connectivity index (χ1n) is 8.90. The topological polar surface area (TPSA) is 79.3 Å². The number of carboxylic acids is 1. The van der Waals surface area contributed by atoms with E-state index < -0.39 is 11.9 Å². The third-order valence-corrected chi connectivity index (χ3v) is 4.94. The highest BCUT2D eigenvalue weighted by Crippen LogP contribution is 2.33. The summed E-state index contributed by atoms with van der Waals surface area (Å²) in [4.78, 5) is 28.5. The molecule has 0 unspecified atom stereocenters. The minimum absolute atomic E-state index is 0.106. The van der Waals surface area contributed by atoms with Gasteiger partial charge in [-0.2, -0.15) is 0 Å². The van der Waals surface area contributed by atoms with Crippen LogP contribution in [0.5, 0.6) is 0 Å². The van der Waals surface area contributed by atoms with Crippen LogP contribution in [0.3, 0.4) is 0 Å². The van der Waals surface area contributed by atoms with Crippen molar-refractivity contribution in [1.29, 1.82) is 0 Å². The molecule has 30 heavy (non-hydrogen) atoms. The van der Waals surface area contributed by atoms with Gasteiger partial charge in [-0.3, -0.25) is 9.78 Å². The van der Waals surface area contributed by atoms with Gasteiger partial charge in [0.25, 0.3) is 5.91 Å². The molecule has 1 aromatic heterocycles. The number of aromatic nitrogens is 1. The standard InChI is InChI=1S/C23H14ClFN2O3/c24-20-10-19(23(29)30)21(11-18(20)16-2-1-7-26-12-16)27-22(28)15-4-3-14-9-17(25)6-5-13(14)8-15/h1-12H,(H,27,28)(H,29,30). The highest BCUT2D eigenvalue weighted by molar-refractivity contribution is 6.34. The summed E-state index contributed by atoms with van der Waals surface area (Å²) in [6, 6.07) is 15.4. The summed E-state index contributed by atoms with van der Waals surface area (Å²) in [5, 5.41) is 13.8. The molecular formula is C23H14ClFN2O3. The van der Waals surface area contributed by atoms with Gasteiger partial charge in [0.2, 0.25) is 0 Å². The van der Waals surface area contributed by atoms with Crippen LogP contribution in [0.4, 0.5) is 10.1 Å². The van der Waals surface area contributed by atoms with Crippen molar-refractivity contribution in [1.82, 2.24) is 4.98 Å². The fourth-order valence-corrected chi connectivity index (χ4v) is 3.42. The number of rotatable bonds is 4. The maximum Gasteiger partial charge on any atom is 0.337 e. The van der Waals surface area contributed by atoms with Gasteiger partial charge in [-0.1, -0.05) is 29.8 Å². The Kier molecular flexibility index (Phi) is 5.16. The van der Waals surface area contributed by atoms with Gasteiger partial charge in [0.1, 0.15) is 5.82 Å². The summed E-state index contributed by atoms with van der Waals surface area (Å²) in [6.07, 6.45) is 3.20. The molecule has 0 saturated carbocycles. The van der Waals surface area contributed by atoms with Crippen molar-refractivity contribution in [3.05, 3.63) is 95.0 Å². The van der Waals surface area contributed by atoms with Crippen molar-refractivity contribution >= 4 is 39.9 Å². The van der Waals surface area contributed by atoms with Crippen LogP contribution in [0.25, 0.3) is 21.9 Å². The first-order valence-corrected chi connectivity index (χ1v) is 9.28. The van der Waals surface area contributed by atoms with Gasteiger partial charge < -0.3 is 10.4 Å². The lowest BCUT2D eigenvalue weighted by molar-refractivity contribution is 0.0698. The van der Waals surface area contributed by atoms with Crippen molar-refractivity contribution in [2.75, 3.05) is 5.32 Å². The lowest BCUT2D eigenvalue weighted by Gasteiger charge is -2.13. The number of pyridine rings is 1. The van der Waals surface area contributed by atoms with E-state index in [1.54, 1.807) is 48.8 Å². The van der Waals surface area contributed by atoms with Crippen molar-refractivity contribution in [3.63, 3.8) is 0 Å². The van der Waals surface area contributed by atoms with Crippen molar-refractivity contribution in [3.8, 4) is 11.1 Å². The van der Waals surface area contributed by atoms with E-state index in [1.807, 2.05) is 0 Å². The van der Waals surface area contributed by atoms with Crippen molar-refractivity contribution in [2.24, 2.45) is 0 Å². The van der Waals surface area contributed by atoms with Crippen molar-refractivity contribution < 1.29 is 19.1 Å². The number of nitrogens with one attached hydrogen (secondary N) is 1. The second-order valence-corrected chi connectivity index (χ2v) is 6.99. The number of carbonyl (C=O) groups is 2. The molecule has 0 aliphatic rings. The molecule has 5 nitrogen and oxygen atoms in total. The van der Waals surface area contributed by atoms with Gasteiger partial charge >= 0.3 is 5.97 Å². The summed E-state index contributed by atoms with van der Waals surface area (Å²) < 4.78 is 13.4. The maximum atomic E-state index is 13.4. The van der Waals surface area contributed by atoms with Crippen LogP contribution in [0.1, 0.15) is 20.7 Å².